The minimum Gasteiger partial charge on any atom is -0.383 e. The maximum absolute atomic E-state index is 12.3. The van der Waals surface area contributed by atoms with E-state index < -0.39 is 0 Å². The smallest absolute Gasteiger partial charge is 0.271 e. The third kappa shape index (κ3) is 3.26. The summed E-state index contributed by atoms with van der Waals surface area (Å²) in [5.74, 6) is -0.00158. The molecule has 7 nitrogen and oxygen atoms in total. The molecule has 130 valence electrons. The van der Waals surface area contributed by atoms with Crippen molar-refractivity contribution in [3.05, 3.63) is 24.3 Å². The van der Waals surface area contributed by atoms with E-state index in [9.17, 15) is 9.59 Å². The standard InChI is InChI=1S/C17H24N4O3/c1-24-10-9-21-14-3-2-5-17(14,6-4-15(21)22)12-20-16(23)13-11-18-7-8-19-13/h7-8,11,14H,2-6,9-10,12H2,1H3,(H,20,23)/t14-,17+/m1/s1. The van der Waals surface area contributed by atoms with Gasteiger partial charge in [0.05, 0.1) is 12.8 Å². The minimum atomic E-state index is -0.205. The highest BCUT2D eigenvalue weighted by Crippen LogP contribution is 2.47. The highest BCUT2D eigenvalue weighted by molar-refractivity contribution is 5.91. The van der Waals surface area contributed by atoms with E-state index in [1.165, 1.54) is 12.4 Å². The van der Waals surface area contributed by atoms with Gasteiger partial charge in [-0.25, -0.2) is 4.98 Å². The fourth-order valence-electron chi connectivity index (χ4n) is 4.10. The molecule has 0 spiro atoms. The first-order valence-corrected chi connectivity index (χ1v) is 8.49. The van der Waals surface area contributed by atoms with E-state index in [0.29, 0.717) is 31.8 Å². The molecule has 2 atom stereocenters. The van der Waals surface area contributed by atoms with Crippen LogP contribution in [0.3, 0.4) is 0 Å². The number of ether oxygens (including phenoxy) is 1. The number of piperidine rings is 1. The van der Waals surface area contributed by atoms with Gasteiger partial charge < -0.3 is 15.0 Å². The Morgan fingerprint density at radius 1 is 1.46 bits per heavy atom. The number of aromatic nitrogens is 2. The number of likely N-dealkylation sites (tertiary alicyclic amines) is 1. The first-order valence-electron chi connectivity index (χ1n) is 8.49. The van der Waals surface area contributed by atoms with Gasteiger partial charge in [-0.05, 0) is 19.3 Å². The maximum atomic E-state index is 12.3. The number of carbonyl (C=O) groups is 2. The van der Waals surface area contributed by atoms with Crippen molar-refractivity contribution < 1.29 is 14.3 Å². The molecule has 1 saturated carbocycles. The molecule has 1 aromatic heterocycles. The van der Waals surface area contributed by atoms with E-state index >= 15 is 0 Å². The molecule has 2 amide bonds. The highest BCUT2D eigenvalue weighted by Gasteiger charge is 2.50. The molecule has 24 heavy (non-hydrogen) atoms. The van der Waals surface area contributed by atoms with Crippen LogP contribution in [0.15, 0.2) is 18.6 Å². The van der Waals surface area contributed by atoms with Gasteiger partial charge in [0, 0.05) is 50.5 Å². The van der Waals surface area contributed by atoms with E-state index in [0.717, 1.165) is 25.7 Å². The summed E-state index contributed by atoms with van der Waals surface area (Å²) in [7, 11) is 1.65. The van der Waals surface area contributed by atoms with Crippen LogP contribution in [0.25, 0.3) is 0 Å². The Labute approximate surface area is 141 Å². The van der Waals surface area contributed by atoms with Gasteiger partial charge in [0.2, 0.25) is 5.91 Å². The molecule has 1 aromatic rings. The lowest BCUT2D eigenvalue weighted by Crippen LogP contribution is -2.56. The normalized spacial score (nSPS) is 26.3. The Morgan fingerprint density at radius 2 is 2.33 bits per heavy atom. The topological polar surface area (TPSA) is 84.4 Å². The second kappa shape index (κ2) is 7.25. The van der Waals surface area contributed by atoms with E-state index in [1.807, 2.05) is 4.90 Å². The lowest BCUT2D eigenvalue weighted by Gasteiger charge is -2.46. The van der Waals surface area contributed by atoms with Gasteiger partial charge in [-0.3, -0.25) is 14.6 Å². The van der Waals surface area contributed by atoms with E-state index in [1.54, 1.807) is 13.3 Å². The van der Waals surface area contributed by atoms with Crippen molar-refractivity contribution in [1.82, 2.24) is 20.2 Å². The number of amides is 2. The number of hydrogen-bond donors (Lipinski definition) is 1. The molecule has 1 aliphatic heterocycles. The number of hydrogen-bond acceptors (Lipinski definition) is 5. The SMILES string of the molecule is COCCN1C(=O)CC[C@]2(CNC(=O)c3cnccn3)CCC[C@@H]12. The lowest BCUT2D eigenvalue weighted by molar-refractivity contribution is -0.142. The van der Waals surface area contributed by atoms with Gasteiger partial charge in [-0.15, -0.1) is 0 Å². The molecule has 0 aromatic carbocycles. The summed E-state index contributed by atoms with van der Waals surface area (Å²) in [6, 6.07) is 0.191. The quantitative estimate of drug-likeness (QED) is 0.840. The van der Waals surface area contributed by atoms with Crippen LogP contribution in [-0.2, 0) is 9.53 Å². The molecule has 1 N–H and O–H groups in total. The van der Waals surface area contributed by atoms with E-state index in [4.69, 9.17) is 4.74 Å². The summed E-state index contributed by atoms with van der Waals surface area (Å²) < 4.78 is 5.15. The number of fused-ring (bicyclic) bond motifs is 1. The monoisotopic (exact) mass is 332 g/mol. The van der Waals surface area contributed by atoms with Crippen LogP contribution in [0, 0.1) is 5.41 Å². The molecule has 1 aliphatic carbocycles. The van der Waals surface area contributed by atoms with E-state index in [2.05, 4.69) is 15.3 Å². The molecule has 3 rings (SSSR count). The van der Waals surface area contributed by atoms with Crippen molar-refractivity contribution in [2.45, 2.75) is 38.1 Å². The Hall–Kier alpha value is -2.02. The largest absolute Gasteiger partial charge is 0.383 e. The zero-order valence-corrected chi connectivity index (χ0v) is 14.0. The van der Waals surface area contributed by atoms with Crippen molar-refractivity contribution in [3.63, 3.8) is 0 Å². The summed E-state index contributed by atoms with van der Waals surface area (Å²) in [6.45, 7) is 1.74. The van der Waals surface area contributed by atoms with Gasteiger partial charge in [0.1, 0.15) is 5.69 Å². The van der Waals surface area contributed by atoms with Gasteiger partial charge in [0.15, 0.2) is 0 Å². The summed E-state index contributed by atoms with van der Waals surface area (Å²) in [4.78, 5) is 34.5. The van der Waals surface area contributed by atoms with Gasteiger partial charge in [0.25, 0.3) is 5.91 Å². The molecular formula is C17H24N4O3. The number of methoxy groups -OCH3 is 1. The van der Waals surface area contributed by atoms with Gasteiger partial charge in [-0.1, -0.05) is 6.42 Å². The number of carbonyl (C=O) groups excluding carboxylic acids is 2. The van der Waals surface area contributed by atoms with E-state index in [-0.39, 0.29) is 23.3 Å². The van der Waals surface area contributed by atoms with Crippen LogP contribution < -0.4 is 5.32 Å². The zero-order chi connectivity index (χ0) is 17.0. The average molecular weight is 332 g/mol. The first-order chi connectivity index (χ1) is 11.7. The van der Waals surface area contributed by atoms with Crippen molar-refractivity contribution in [2.75, 3.05) is 26.8 Å². The van der Waals surface area contributed by atoms with Crippen LogP contribution in [-0.4, -0.2) is 59.5 Å². The fourth-order valence-corrected chi connectivity index (χ4v) is 4.10. The Bertz CT molecular complexity index is 595. The fraction of sp³-hybridized carbons (Fsp3) is 0.647. The molecule has 0 bridgehead atoms. The molecule has 1 saturated heterocycles. The van der Waals surface area contributed by atoms with Crippen molar-refractivity contribution in [3.8, 4) is 0 Å². The number of rotatable bonds is 6. The molecule has 0 radical (unpaired) electrons. The van der Waals surface area contributed by atoms with Crippen molar-refractivity contribution in [1.29, 1.82) is 0 Å². The Kier molecular flexibility index (Phi) is 5.08. The highest BCUT2D eigenvalue weighted by atomic mass is 16.5. The molecule has 2 heterocycles. The van der Waals surface area contributed by atoms with Crippen LogP contribution in [0.5, 0.6) is 0 Å². The van der Waals surface area contributed by atoms with Crippen LogP contribution in [0.2, 0.25) is 0 Å². The maximum Gasteiger partial charge on any atom is 0.271 e. The lowest BCUT2D eigenvalue weighted by atomic mass is 9.74. The number of nitrogens with zero attached hydrogens (tertiary/aromatic N) is 3. The van der Waals surface area contributed by atoms with Crippen molar-refractivity contribution in [2.24, 2.45) is 5.41 Å². The van der Waals surface area contributed by atoms with Crippen molar-refractivity contribution >= 4 is 11.8 Å². The predicted molar refractivity (Wildman–Crippen MR) is 87.3 cm³/mol. The van der Waals surface area contributed by atoms with Gasteiger partial charge in [-0.2, -0.15) is 0 Å². The summed E-state index contributed by atoms with van der Waals surface area (Å²) in [5.41, 5.74) is 0.297. The first kappa shape index (κ1) is 16.8. The van der Waals surface area contributed by atoms with Crippen LogP contribution in [0.4, 0.5) is 0 Å². The van der Waals surface area contributed by atoms with Gasteiger partial charge >= 0.3 is 0 Å². The summed E-state index contributed by atoms with van der Waals surface area (Å²) >= 11 is 0. The second-order valence-electron chi connectivity index (χ2n) is 6.62. The third-order valence-corrected chi connectivity index (χ3v) is 5.33. The molecular weight excluding hydrogens is 308 g/mol. The van der Waals surface area contributed by atoms with Crippen LogP contribution >= 0.6 is 0 Å². The molecule has 0 unspecified atom stereocenters. The average Bonchev–Trinajstić information content (AvgIpc) is 3.04. The minimum absolute atomic E-state index is 0.0283. The third-order valence-electron chi connectivity index (χ3n) is 5.33. The predicted octanol–water partition coefficient (Wildman–Crippen LogP) is 1.01. The summed E-state index contributed by atoms with van der Waals surface area (Å²) in [6.07, 6.45) is 9.02. The zero-order valence-electron chi connectivity index (χ0n) is 14.0. The Morgan fingerprint density at radius 3 is 3.08 bits per heavy atom. The molecule has 2 fully saturated rings. The molecule has 2 aliphatic rings. The second-order valence-corrected chi connectivity index (χ2v) is 6.62. The summed E-state index contributed by atoms with van der Waals surface area (Å²) in [5, 5.41) is 3.01. The molecule has 7 heteroatoms. The number of nitrogens with one attached hydrogen (secondary N) is 1. The van der Waals surface area contributed by atoms with Crippen LogP contribution in [0.1, 0.15) is 42.6 Å². The Balaban J connectivity index is 1.68.